The Kier molecular flexibility index (Phi) is 4.05. The minimum atomic E-state index is 0.275. The van der Waals surface area contributed by atoms with Gasteiger partial charge in [0.05, 0.1) is 0 Å². The summed E-state index contributed by atoms with van der Waals surface area (Å²) in [6.45, 7) is 7.41. The van der Waals surface area contributed by atoms with Crippen LogP contribution >= 0.6 is 0 Å². The lowest BCUT2D eigenvalue weighted by atomic mass is 9.93. The molecule has 112 valence electrons. The van der Waals surface area contributed by atoms with Gasteiger partial charge in [0.25, 0.3) is 0 Å². The fraction of sp³-hybridized carbons (Fsp3) is 0.263. The molecule has 0 bridgehead atoms. The van der Waals surface area contributed by atoms with Crippen LogP contribution in [0, 0.1) is 13.8 Å². The molecule has 0 unspecified atom stereocenters. The van der Waals surface area contributed by atoms with Crippen LogP contribution in [0.15, 0.2) is 55.1 Å². The van der Waals surface area contributed by atoms with Crippen molar-refractivity contribution in [3.05, 3.63) is 83.2 Å². The van der Waals surface area contributed by atoms with E-state index in [4.69, 9.17) is 0 Å². The van der Waals surface area contributed by atoms with Crippen molar-refractivity contribution in [2.24, 2.45) is 0 Å². The molecule has 0 saturated carbocycles. The second kappa shape index (κ2) is 6.14. The summed E-state index contributed by atoms with van der Waals surface area (Å²) >= 11 is 0. The third kappa shape index (κ3) is 2.80. The Morgan fingerprint density at radius 2 is 1.82 bits per heavy atom. The van der Waals surface area contributed by atoms with E-state index in [1.165, 1.54) is 22.3 Å². The van der Waals surface area contributed by atoms with Gasteiger partial charge in [0.1, 0.15) is 5.82 Å². The second-order valence-corrected chi connectivity index (χ2v) is 5.78. The first-order valence-electron chi connectivity index (χ1n) is 7.63. The molecule has 0 amide bonds. The van der Waals surface area contributed by atoms with E-state index in [-0.39, 0.29) is 5.92 Å². The molecule has 0 aliphatic rings. The quantitative estimate of drug-likeness (QED) is 0.724. The van der Waals surface area contributed by atoms with Crippen molar-refractivity contribution in [1.82, 2.24) is 14.5 Å². The average molecular weight is 291 g/mol. The molecule has 0 N–H and O–H groups in total. The maximum Gasteiger partial charge on any atom is 0.116 e. The summed E-state index contributed by atoms with van der Waals surface area (Å²) in [5.74, 6) is 1.38. The van der Waals surface area contributed by atoms with Gasteiger partial charge in [-0.25, -0.2) is 4.98 Å². The lowest BCUT2D eigenvalue weighted by Crippen LogP contribution is -2.10. The first kappa shape index (κ1) is 14.5. The van der Waals surface area contributed by atoms with Gasteiger partial charge in [0, 0.05) is 37.3 Å². The van der Waals surface area contributed by atoms with E-state index in [1.54, 1.807) is 0 Å². The molecule has 2 heterocycles. The minimum Gasteiger partial charge on any atom is -0.330 e. The lowest BCUT2D eigenvalue weighted by Gasteiger charge is -2.18. The van der Waals surface area contributed by atoms with Crippen LogP contribution in [0.25, 0.3) is 0 Å². The largest absolute Gasteiger partial charge is 0.330 e. The number of imidazole rings is 1. The normalized spacial score (nSPS) is 12.3. The van der Waals surface area contributed by atoms with Crippen molar-refractivity contribution in [3.8, 4) is 0 Å². The molecule has 3 heteroatoms. The van der Waals surface area contributed by atoms with Gasteiger partial charge in [0.15, 0.2) is 0 Å². The molecule has 0 spiro atoms. The average Bonchev–Trinajstić information content (AvgIpc) is 2.98. The lowest BCUT2D eigenvalue weighted by molar-refractivity contribution is 0.686. The van der Waals surface area contributed by atoms with Crippen molar-refractivity contribution in [2.45, 2.75) is 33.2 Å². The summed E-state index contributed by atoms with van der Waals surface area (Å²) in [6, 6.07) is 10.6. The van der Waals surface area contributed by atoms with E-state index in [0.717, 1.165) is 12.4 Å². The Bertz CT molecular complexity index is 759. The molecule has 2 aromatic heterocycles. The number of aryl methyl sites for hydroxylation is 1. The monoisotopic (exact) mass is 291 g/mol. The standard InChI is InChI=1S/C19H21N3/c1-14-5-4-6-18(15(14)2)16(3)19-21-11-12-22(19)13-17-7-9-20-10-8-17/h4-12,16H,13H2,1-3H3/t16-/m0/s1. The molecule has 3 nitrogen and oxygen atoms in total. The fourth-order valence-electron chi connectivity index (χ4n) is 2.90. The van der Waals surface area contributed by atoms with Crippen LogP contribution in [0.5, 0.6) is 0 Å². The van der Waals surface area contributed by atoms with E-state index in [1.807, 2.05) is 30.7 Å². The zero-order valence-electron chi connectivity index (χ0n) is 13.3. The van der Waals surface area contributed by atoms with E-state index < -0.39 is 0 Å². The topological polar surface area (TPSA) is 30.7 Å². The number of aromatic nitrogens is 3. The molecular weight excluding hydrogens is 270 g/mol. The van der Waals surface area contributed by atoms with Crippen molar-refractivity contribution in [1.29, 1.82) is 0 Å². The SMILES string of the molecule is Cc1cccc([C@H](C)c2nccn2Cc2ccncc2)c1C. The summed E-state index contributed by atoms with van der Waals surface area (Å²) < 4.78 is 2.22. The number of hydrogen-bond donors (Lipinski definition) is 0. The van der Waals surface area contributed by atoms with E-state index in [9.17, 15) is 0 Å². The van der Waals surface area contributed by atoms with Gasteiger partial charge >= 0.3 is 0 Å². The minimum absolute atomic E-state index is 0.275. The Balaban J connectivity index is 1.93. The van der Waals surface area contributed by atoms with Gasteiger partial charge < -0.3 is 4.57 Å². The van der Waals surface area contributed by atoms with Gasteiger partial charge in [0.2, 0.25) is 0 Å². The molecule has 0 saturated heterocycles. The highest BCUT2D eigenvalue weighted by molar-refractivity contribution is 5.38. The number of hydrogen-bond acceptors (Lipinski definition) is 2. The third-order valence-electron chi connectivity index (χ3n) is 4.35. The highest BCUT2D eigenvalue weighted by Crippen LogP contribution is 2.27. The van der Waals surface area contributed by atoms with Crippen LogP contribution in [-0.2, 0) is 6.54 Å². The summed E-state index contributed by atoms with van der Waals surface area (Å²) in [7, 11) is 0. The van der Waals surface area contributed by atoms with Crippen molar-refractivity contribution in [2.75, 3.05) is 0 Å². The summed E-state index contributed by atoms with van der Waals surface area (Å²) in [6.07, 6.45) is 7.61. The Morgan fingerprint density at radius 3 is 2.59 bits per heavy atom. The smallest absolute Gasteiger partial charge is 0.116 e. The van der Waals surface area contributed by atoms with Crippen molar-refractivity contribution in [3.63, 3.8) is 0 Å². The van der Waals surface area contributed by atoms with Crippen molar-refractivity contribution >= 4 is 0 Å². The molecule has 0 fully saturated rings. The zero-order chi connectivity index (χ0) is 15.5. The predicted molar refractivity (Wildman–Crippen MR) is 89.0 cm³/mol. The summed E-state index contributed by atoms with van der Waals surface area (Å²) in [4.78, 5) is 8.68. The van der Waals surface area contributed by atoms with Gasteiger partial charge in [-0.2, -0.15) is 0 Å². The van der Waals surface area contributed by atoms with Crippen LogP contribution in [-0.4, -0.2) is 14.5 Å². The first-order chi connectivity index (χ1) is 10.7. The zero-order valence-corrected chi connectivity index (χ0v) is 13.3. The molecular formula is C19H21N3. The Labute approximate surface area is 131 Å². The van der Waals surface area contributed by atoms with Crippen LogP contribution < -0.4 is 0 Å². The molecule has 22 heavy (non-hydrogen) atoms. The van der Waals surface area contributed by atoms with Crippen LogP contribution in [0.2, 0.25) is 0 Å². The summed E-state index contributed by atoms with van der Waals surface area (Å²) in [5.41, 5.74) is 5.27. The predicted octanol–water partition coefficient (Wildman–Crippen LogP) is 4.10. The highest BCUT2D eigenvalue weighted by atomic mass is 15.1. The molecule has 0 aliphatic heterocycles. The van der Waals surface area contributed by atoms with E-state index in [0.29, 0.717) is 0 Å². The van der Waals surface area contributed by atoms with Gasteiger partial charge in [-0.1, -0.05) is 25.1 Å². The molecule has 0 aliphatic carbocycles. The Morgan fingerprint density at radius 1 is 1.05 bits per heavy atom. The highest BCUT2D eigenvalue weighted by Gasteiger charge is 2.16. The first-order valence-corrected chi connectivity index (χ1v) is 7.63. The molecule has 3 rings (SSSR count). The molecule has 0 radical (unpaired) electrons. The van der Waals surface area contributed by atoms with Gasteiger partial charge in [-0.15, -0.1) is 0 Å². The number of nitrogens with zero attached hydrogens (tertiary/aromatic N) is 3. The maximum atomic E-state index is 4.61. The molecule has 1 atom stereocenters. The maximum absolute atomic E-state index is 4.61. The van der Waals surface area contributed by atoms with Crippen LogP contribution in [0.3, 0.4) is 0 Å². The van der Waals surface area contributed by atoms with Crippen LogP contribution in [0.1, 0.15) is 40.9 Å². The molecule has 3 aromatic rings. The van der Waals surface area contributed by atoms with Gasteiger partial charge in [-0.3, -0.25) is 4.98 Å². The number of pyridine rings is 1. The van der Waals surface area contributed by atoms with Crippen molar-refractivity contribution < 1.29 is 0 Å². The molecule has 1 aromatic carbocycles. The summed E-state index contributed by atoms with van der Waals surface area (Å²) in [5, 5.41) is 0. The van der Waals surface area contributed by atoms with Gasteiger partial charge in [-0.05, 0) is 48.2 Å². The second-order valence-electron chi connectivity index (χ2n) is 5.78. The fourth-order valence-corrected chi connectivity index (χ4v) is 2.90. The Hall–Kier alpha value is -2.42. The number of benzene rings is 1. The third-order valence-corrected chi connectivity index (χ3v) is 4.35. The number of rotatable bonds is 4. The van der Waals surface area contributed by atoms with Crippen LogP contribution in [0.4, 0.5) is 0 Å². The van der Waals surface area contributed by atoms with E-state index >= 15 is 0 Å². The van der Waals surface area contributed by atoms with E-state index in [2.05, 4.69) is 59.7 Å².